The van der Waals surface area contributed by atoms with Crippen LogP contribution >= 0.6 is 0 Å². The number of amides is 1. The first-order chi connectivity index (χ1) is 8.90. The van der Waals surface area contributed by atoms with Gasteiger partial charge in [0.05, 0.1) is 11.8 Å². The summed E-state index contributed by atoms with van der Waals surface area (Å²) in [4.78, 5) is 27.8. The molecule has 1 aliphatic heterocycles. The normalized spacial score (nSPS) is 35.1. The molecule has 1 N–H and O–H groups in total. The van der Waals surface area contributed by atoms with Crippen molar-refractivity contribution in [1.29, 1.82) is 0 Å². The lowest BCUT2D eigenvalue weighted by Gasteiger charge is -2.24. The van der Waals surface area contributed by atoms with Crippen molar-refractivity contribution in [2.24, 2.45) is 17.8 Å². The fourth-order valence-corrected chi connectivity index (χ4v) is 3.44. The predicted octanol–water partition coefficient (Wildman–Crippen LogP) is 0.896. The van der Waals surface area contributed by atoms with Crippen LogP contribution in [-0.2, 0) is 9.59 Å². The minimum atomic E-state index is -0.814. The van der Waals surface area contributed by atoms with Gasteiger partial charge < -0.3 is 14.9 Å². The number of aliphatic carboxylic acids is 1. The number of carboxylic acids is 1. The van der Waals surface area contributed by atoms with Gasteiger partial charge in [0.15, 0.2) is 0 Å². The van der Waals surface area contributed by atoms with Gasteiger partial charge in [-0.3, -0.25) is 9.59 Å². The Bertz CT molecular complexity index is 370. The van der Waals surface area contributed by atoms with Gasteiger partial charge in [0.1, 0.15) is 0 Å². The number of carboxylic acid groups (broad SMARTS) is 1. The number of rotatable bonds is 3. The average Bonchev–Trinajstić information content (AvgIpc) is 2.94. The van der Waals surface area contributed by atoms with Crippen molar-refractivity contribution in [2.45, 2.75) is 32.2 Å². The van der Waals surface area contributed by atoms with Crippen LogP contribution in [0.4, 0.5) is 0 Å². The van der Waals surface area contributed by atoms with Gasteiger partial charge in [-0.1, -0.05) is 6.92 Å². The van der Waals surface area contributed by atoms with Gasteiger partial charge in [0, 0.05) is 19.1 Å². The third-order valence-corrected chi connectivity index (χ3v) is 4.64. The summed E-state index contributed by atoms with van der Waals surface area (Å²) in [6.45, 7) is 3.54. The van der Waals surface area contributed by atoms with E-state index in [1.54, 1.807) is 0 Å². The third-order valence-electron chi connectivity index (χ3n) is 4.64. The van der Waals surface area contributed by atoms with Crippen molar-refractivity contribution in [3.63, 3.8) is 0 Å². The minimum Gasteiger partial charge on any atom is -0.481 e. The Morgan fingerprint density at radius 3 is 2.37 bits per heavy atom. The molecule has 1 heterocycles. The molecule has 0 aromatic rings. The summed E-state index contributed by atoms with van der Waals surface area (Å²) >= 11 is 0. The van der Waals surface area contributed by atoms with E-state index in [0.29, 0.717) is 18.4 Å². The summed E-state index contributed by atoms with van der Waals surface area (Å²) in [5.74, 6) is -1.22. The number of carbonyl (C=O) groups is 2. The van der Waals surface area contributed by atoms with E-state index in [2.05, 4.69) is 4.90 Å². The maximum Gasteiger partial charge on any atom is 0.307 e. The van der Waals surface area contributed by atoms with Crippen LogP contribution in [0.5, 0.6) is 0 Å². The summed E-state index contributed by atoms with van der Waals surface area (Å²) in [6, 6.07) is 0.408. The molecule has 1 amide bonds. The van der Waals surface area contributed by atoms with Gasteiger partial charge >= 0.3 is 5.97 Å². The fourth-order valence-electron chi connectivity index (χ4n) is 3.44. The van der Waals surface area contributed by atoms with Gasteiger partial charge in [-0.2, -0.15) is 0 Å². The molecule has 2 rings (SSSR count). The molecule has 1 aliphatic carbocycles. The number of hydrogen-bond donors (Lipinski definition) is 1. The molecule has 0 aromatic heterocycles. The van der Waals surface area contributed by atoms with Crippen LogP contribution in [-0.4, -0.2) is 60.0 Å². The van der Waals surface area contributed by atoms with Gasteiger partial charge in [-0.15, -0.1) is 0 Å². The molecule has 19 heavy (non-hydrogen) atoms. The second-order valence-electron chi connectivity index (χ2n) is 6.32. The number of likely N-dealkylation sites (tertiary alicyclic amines) is 1. The van der Waals surface area contributed by atoms with Gasteiger partial charge in [0.25, 0.3) is 0 Å². The first kappa shape index (κ1) is 14.3. The summed E-state index contributed by atoms with van der Waals surface area (Å²) in [6.07, 6.45) is 2.34. The van der Waals surface area contributed by atoms with Crippen molar-refractivity contribution in [1.82, 2.24) is 9.80 Å². The molecule has 2 unspecified atom stereocenters. The van der Waals surface area contributed by atoms with Crippen LogP contribution in [0, 0.1) is 17.8 Å². The zero-order chi connectivity index (χ0) is 14.2. The molecular formula is C14H24N2O3. The molecular weight excluding hydrogens is 244 g/mol. The second kappa shape index (κ2) is 5.49. The monoisotopic (exact) mass is 268 g/mol. The van der Waals surface area contributed by atoms with E-state index in [1.165, 1.54) is 0 Å². The minimum absolute atomic E-state index is 0.0566. The van der Waals surface area contributed by atoms with Crippen LogP contribution in [0.3, 0.4) is 0 Å². The van der Waals surface area contributed by atoms with Gasteiger partial charge in [-0.05, 0) is 39.3 Å². The maximum atomic E-state index is 12.5. The van der Waals surface area contributed by atoms with E-state index < -0.39 is 11.9 Å². The Balaban J connectivity index is 2.01. The standard InChI is InChI=1S/C14H24N2O3/c1-9-6-11(12(7-9)14(18)19)13(17)16-5-4-10(8-16)15(2)3/h9-12H,4-8H2,1-3H3,(H,18,19)/t9?,10?,11-,12+/m0/s1. The molecule has 2 fully saturated rings. The highest BCUT2D eigenvalue weighted by Crippen LogP contribution is 2.38. The Hall–Kier alpha value is -1.10. The molecule has 5 heteroatoms. The smallest absolute Gasteiger partial charge is 0.307 e. The van der Waals surface area contributed by atoms with E-state index in [-0.39, 0.29) is 11.8 Å². The van der Waals surface area contributed by atoms with E-state index in [1.807, 2.05) is 25.9 Å². The Kier molecular flexibility index (Phi) is 4.13. The molecule has 1 saturated heterocycles. The number of likely N-dealkylation sites (N-methyl/N-ethyl adjacent to an activating group) is 1. The van der Waals surface area contributed by atoms with Crippen molar-refractivity contribution in [2.75, 3.05) is 27.2 Å². The van der Waals surface area contributed by atoms with E-state index in [0.717, 1.165) is 25.9 Å². The second-order valence-corrected chi connectivity index (χ2v) is 6.32. The van der Waals surface area contributed by atoms with Crippen LogP contribution in [0.1, 0.15) is 26.2 Å². The zero-order valence-electron chi connectivity index (χ0n) is 12.0. The lowest BCUT2D eigenvalue weighted by atomic mass is 9.95. The SMILES string of the molecule is CC1C[C@H](C(=O)N2CCC(N(C)C)C2)[C@H](C(=O)O)C1. The molecule has 2 aliphatic rings. The van der Waals surface area contributed by atoms with E-state index in [9.17, 15) is 14.7 Å². The molecule has 4 atom stereocenters. The van der Waals surface area contributed by atoms with Crippen LogP contribution in [0.15, 0.2) is 0 Å². The maximum absolute atomic E-state index is 12.5. The highest BCUT2D eigenvalue weighted by atomic mass is 16.4. The molecule has 108 valence electrons. The van der Waals surface area contributed by atoms with Crippen molar-refractivity contribution >= 4 is 11.9 Å². The highest BCUT2D eigenvalue weighted by molar-refractivity contribution is 5.85. The van der Waals surface area contributed by atoms with Crippen LogP contribution in [0.25, 0.3) is 0 Å². The number of carbonyl (C=O) groups excluding carboxylic acids is 1. The van der Waals surface area contributed by atoms with Crippen LogP contribution < -0.4 is 0 Å². The highest BCUT2D eigenvalue weighted by Gasteiger charge is 2.44. The summed E-state index contributed by atoms with van der Waals surface area (Å²) in [5, 5.41) is 9.25. The first-order valence-electron chi connectivity index (χ1n) is 7.08. The molecule has 5 nitrogen and oxygen atoms in total. The topological polar surface area (TPSA) is 60.9 Å². The van der Waals surface area contributed by atoms with Crippen molar-refractivity contribution in [3.8, 4) is 0 Å². The van der Waals surface area contributed by atoms with E-state index >= 15 is 0 Å². The molecule has 0 radical (unpaired) electrons. The molecule has 0 bridgehead atoms. The summed E-state index contributed by atoms with van der Waals surface area (Å²) < 4.78 is 0. The average molecular weight is 268 g/mol. The lowest BCUT2D eigenvalue weighted by Crippen LogP contribution is -2.40. The Morgan fingerprint density at radius 1 is 1.21 bits per heavy atom. The fraction of sp³-hybridized carbons (Fsp3) is 0.857. The summed E-state index contributed by atoms with van der Waals surface area (Å²) in [7, 11) is 4.05. The molecule has 0 spiro atoms. The van der Waals surface area contributed by atoms with Crippen LogP contribution in [0.2, 0.25) is 0 Å². The third kappa shape index (κ3) is 2.91. The zero-order valence-corrected chi connectivity index (χ0v) is 12.0. The molecule has 0 aromatic carbocycles. The predicted molar refractivity (Wildman–Crippen MR) is 71.7 cm³/mol. The lowest BCUT2D eigenvalue weighted by molar-refractivity contribution is -0.148. The summed E-state index contributed by atoms with van der Waals surface area (Å²) in [5.41, 5.74) is 0. The van der Waals surface area contributed by atoms with E-state index in [4.69, 9.17) is 0 Å². The Labute approximate surface area is 114 Å². The van der Waals surface area contributed by atoms with Crippen molar-refractivity contribution in [3.05, 3.63) is 0 Å². The number of hydrogen-bond acceptors (Lipinski definition) is 3. The first-order valence-corrected chi connectivity index (χ1v) is 7.08. The largest absolute Gasteiger partial charge is 0.481 e. The van der Waals surface area contributed by atoms with Gasteiger partial charge in [-0.25, -0.2) is 0 Å². The molecule has 1 saturated carbocycles. The Morgan fingerprint density at radius 2 is 1.84 bits per heavy atom. The van der Waals surface area contributed by atoms with Gasteiger partial charge in [0.2, 0.25) is 5.91 Å². The number of nitrogens with zero attached hydrogens (tertiary/aromatic N) is 2. The quantitative estimate of drug-likeness (QED) is 0.826. The van der Waals surface area contributed by atoms with Crippen molar-refractivity contribution < 1.29 is 14.7 Å².